The van der Waals surface area contributed by atoms with Crippen molar-refractivity contribution >= 4 is 17.3 Å². The van der Waals surface area contributed by atoms with Crippen molar-refractivity contribution in [2.75, 3.05) is 6.54 Å². The van der Waals surface area contributed by atoms with E-state index in [9.17, 15) is 0 Å². The maximum Gasteiger partial charge on any atom is 0.170 e. The van der Waals surface area contributed by atoms with Gasteiger partial charge < -0.3 is 14.8 Å². The fraction of sp³-hybridized carbons (Fsp3) is 0.375. The van der Waals surface area contributed by atoms with Gasteiger partial charge in [0.2, 0.25) is 0 Å². The molecule has 3 aromatic rings. The van der Waals surface area contributed by atoms with E-state index in [0.29, 0.717) is 5.92 Å². The molecule has 1 fully saturated rings. The molecule has 1 aliphatic rings. The Balaban J connectivity index is 1.84. The standard InChI is InChI=1S/C24H29N5S/c1-15(2)14-28-23(22(27-24(28)30)20-8-6-7-10-25-20)19-13-17(4)29(18(19)5)21-12-16(3)9-11-26-21/h6-13,15,22-23H,14H2,1-5H3,(H,27,30)/t22-,23+/m1/s1. The summed E-state index contributed by atoms with van der Waals surface area (Å²) < 4.78 is 2.24. The molecule has 1 saturated heterocycles. The predicted octanol–water partition coefficient (Wildman–Crippen LogP) is 4.82. The largest absolute Gasteiger partial charge is 0.352 e. The number of rotatable bonds is 5. The monoisotopic (exact) mass is 419 g/mol. The van der Waals surface area contributed by atoms with E-state index < -0.39 is 0 Å². The molecule has 4 heterocycles. The van der Waals surface area contributed by atoms with Crippen LogP contribution in [0.3, 0.4) is 0 Å². The van der Waals surface area contributed by atoms with E-state index in [1.54, 1.807) is 0 Å². The molecule has 156 valence electrons. The van der Waals surface area contributed by atoms with Crippen LogP contribution in [0.2, 0.25) is 0 Å². The number of nitrogens with zero attached hydrogens (tertiary/aromatic N) is 4. The fourth-order valence-corrected chi connectivity index (χ4v) is 4.73. The quantitative estimate of drug-likeness (QED) is 0.601. The van der Waals surface area contributed by atoms with Crippen molar-refractivity contribution in [3.63, 3.8) is 0 Å². The molecule has 5 nitrogen and oxygen atoms in total. The van der Waals surface area contributed by atoms with Crippen molar-refractivity contribution < 1.29 is 0 Å². The normalized spacial score (nSPS) is 18.9. The van der Waals surface area contributed by atoms with Gasteiger partial charge in [-0.1, -0.05) is 19.9 Å². The molecule has 1 N–H and O–H groups in total. The Morgan fingerprint density at radius 2 is 1.87 bits per heavy atom. The van der Waals surface area contributed by atoms with E-state index in [4.69, 9.17) is 12.2 Å². The number of hydrogen-bond acceptors (Lipinski definition) is 3. The third-order valence-corrected chi connectivity index (χ3v) is 6.03. The minimum absolute atomic E-state index is 0.0110. The molecular weight excluding hydrogens is 390 g/mol. The first kappa shape index (κ1) is 20.5. The maximum atomic E-state index is 5.77. The first-order valence-electron chi connectivity index (χ1n) is 10.5. The molecule has 3 aromatic heterocycles. The Bertz CT molecular complexity index is 1060. The predicted molar refractivity (Wildman–Crippen MR) is 125 cm³/mol. The summed E-state index contributed by atoms with van der Waals surface area (Å²) in [4.78, 5) is 11.6. The Morgan fingerprint density at radius 3 is 2.53 bits per heavy atom. The zero-order valence-electron chi connectivity index (χ0n) is 18.3. The van der Waals surface area contributed by atoms with Gasteiger partial charge in [-0.2, -0.15) is 0 Å². The van der Waals surface area contributed by atoms with Crippen LogP contribution in [0.25, 0.3) is 5.82 Å². The lowest BCUT2D eigenvalue weighted by atomic mass is 9.96. The molecule has 0 aromatic carbocycles. The molecule has 0 unspecified atom stereocenters. The van der Waals surface area contributed by atoms with Crippen LogP contribution in [0.1, 0.15) is 54.1 Å². The molecule has 4 rings (SSSR count). The van der Waals surface area contributed by atoms with Gasteiger partial charge in [0, 0.05) is 30.3 Å². The zero-order chi connectivity index (χ0) is 21.4. The van der Waals surface area contributed by atoms with E-state index in [1.165, 1.54) is 22.5 Å². The van der Waals surface area contributed by atoms with E-state index in [0.717, 1.165) is 23.2 Å². The van der Waals surface area contributed by atoms with Crippen LogP contribution in [-0.4, -0.2) is 31.1 Å². The molecule has 0 bridgehead atoms. The van der Waals surface area contributed by atoms with Crippen LogP contribution in [0, 0.1) is 26.7 Å². The third-order valence-electron chi connectivity index (χ3n) is 5.68. The van der Waals surface area contributed by atoms with Crippen molar-refractivity contribution in [3.8, 4) is 5.82 Å². The summed E-state index contributed by atoms with van der Waals surface area (Å²) in [5.41, 5.74) is 5.83. The molecule has 2 atom stereocenters. The van der Waals surface area contributed by atoms with E-state index in [1.807, 2.05) is 30.6 Å². The van der Waals surface area contributed by atoms with E-state index in [2.05, 4.69) is 77.6 Å². The Labute approximate surface area is 184 Å². The first-order valence-corrected chi connectivity index (χ1v) is 10.9. The van der Waals surface area contributed by atoms with Gasteiger partial charge in [-0.3, -0.25) is 4.98 Å². The highest BCUT2D eigenvalue weighted by Gasteiger charge is 2.41. The van der Waals surface area contributed by atoms with Crippen molar-refractivity contribution in [2.24, 2.45) is 5.92 Å². The number of nitrogens with one attached hydrogen (secondary N) is 1. The van der Waals surface area contributed by atoms with E-state index >= 15 is 0 Å². The molecular formula is C24H29N5S. The number of hydrogen-bond donors (Lipinski definition) is 1. The van der Waals surface area contributed by atoms with Crippen molar-refractivity contribution in [3.05, 3.63) is 77.0 Å². The highest BCUT2D eigenvalue weighted by atomic mass is 32.1. The third kappa shape index (κ3) is 3.72. The zero-order valence-corrected chi connectivity index (χ0v) is 19.1. The van der Waals surface area contributed by atoms with Crippen LogP contribution < -0.4 is 5.32 Å². The molecule has 6 heteroatoms. The van der Waals surface area contributed by atoms with Crippen LogP contribution >= 0.6 is 12.2 Å². The Morgan fingerprint density at radius 1 is 1.07 bits per heavy atom. The summed E-state index contributed by atoms with van der Waals surface area (Å²) in [7, 11) is 0. The lowest BCUT2D eigenvalue weighted by molar-refractivity contribution is 0.287. The number of thiocarbonyl (C=S) groups is 1. The van der Waals surface area contributed by atoms with Gasteiger partial charge in [0.1, 0.15) is 5.82 Å². The molecule has 0 aliphatic carbocycles. The summed E-state index contributed by atoms with van der Waals surface area (Å²) in [5, 5.41) is 4.34. The number of aryl methyl sites for hydroxylation is 2. The van der Waals surface area contributed by atoms with Crippen molar-refractivity contribution in [1.82, 2.24) is 24.8 Å². The van der Waals surface area contributed by atoms with Gasteiger partial charge in [0.15, 0.2) is 5.11 Å². The summed E-state index contributed by atoms with van der Waals surface area (Å²) in [6.07, 6.45) is 3.72. The topological polar surface area (TPSA) is 46.0 Å². The highest BCUT2D eigenvalue weighted by Crippen LogP contribution is 2.41. The Hall–Kier alpha value is -2.73. The SMILES string of the molecule is Cc1ccnc(-n2c(C)cc([C@H]3[C@@H](c4ccccn4)NC(=S)N3CC(C)C)c2C)c1. The minimum Gasteiger partial charge on any atom is -0.352 e. The minimum atomic E-state index is 0.0110. The first-order chi connectivity index (χ1) is 14.4. The molecule has 0 amide bonds. The molecule has 0 saturated carbocycles. The summed E-state index contributed by atoms with van der Waals surface area (Å²) >= 11 is 5.77. The van der Waals surface area contributed by atoms with Crippen LogP contribution in [0.5, 0.6) is 0 Å². The second kappa shape index (κ2) is 8.19. The van der Waals surface area contributed by atoms with Gasteiger partial charge in [-0.05, 0) is 80.4 Å². The smallest absolute Gasteiger partial charge is 0.170 e. The highest BCUT2D eigenvalue weighted by molar-refractivity contribution is 7.80. The lowest BCUT2D eigenvalue weighted by Gasteiger charge is -2.29. The number of pyridine rings is 2. The van der Waals surface area contributed by atoms with Crippen molar-refractivity contribution in [1.29, 1.82) is 0 Å². The number of aromatic nitrogens is 3. The fourth-order valence-electron chi connectivity index (χ4n) is 4.42. The van der Waals surface area contributed by atoms with Gasteiger partial charge in [-0.25, -0.2) is 4.98 Å². The average molecular weight is 420 g/mol. The molecule has 1 aliphatic heterocycles. The van der Waals surface area contributed by atoms with Crippen LogP contribution in [0.4, 0.5) is 0 Å². The second-order valence-corrected chi connectivity index (χ2v) is 8.91. The average Bonchev–Trinajstić information content (AvgIpc) is 3.18. The summed E-state index contributed by atoms with van der Waals surface area (Å²) in [5.74, 6) is 1.45. The van der Waals surface area contributed by atoms with Crippen molar-refractivity contribution in [2.45, 2.75) is 46.7 Å². The van der Waals surface area contributed by atoms with Gasteiger partial charge >= 0.3 is 0 Å². The molecule has 0 spiro atoms. The van der Waals surface area contributed by atoms with Crippen LogP contribution in [0.15, 0.2) is 48.8 Å². The van der Waals surface area contributed by atoms with Gasteiger partial charge in [-0.15, -0.1) is 0 Å². The van der Waals surface area contributed by atoms with Gasteiger partial charge in [0.25, 0.3) is 0 Å². The Kier molecular flexibility index (Phi) is 5.60. The second-order valence-electron chi connectivity index (χ2n) is 8.53. The van der Waals surface area contributed by atoms with E-state index in [-0.39, 0.29) is 12.1 Å². The summed E-state index contributed by atoms with van der Waals surface area (Å²) in [6, 6.07) is 12.6. The summed E-state index contributed by atoms with van der Waals surface area (Å²) in [6.45, 7) is 11.8. The maximum absolute atomic E-state index is 5.77. The molecule has 0 radical (unpaired) electrons. The molecule has 30 heavy (non-hydrogen) atoms. The van der Waals surface area contributed by atoms with Gasteiger partial charge in [0.05, 0.1) is 17.8 Å². The van der Waals surface area contributed by atoms with Crippen LogP contribution in [-0.2, 0) is 0 Å². The lowest BCUT2D eigenvalue weighted by Crippen LogP contribution is -2.33.